The summed E-state index contributed by atoms with van der Waals surface area (Å²) in [6.07, 6.45) is 3.87. The molecule has 2 aromatic carbocycles. The number of hydrogen-bond acceptors (Lipinski definition) is 3. The summed E-state index contributed by atoms with van der Waals surface area (Å²) in [5, 5.41) is 3.19. The van der Waals surface area contributed by atoms with E-state index in [4.69, 9.17) is 0 Å². The average molecular weight is 436 g/mol. The Balaban J connectivity index is 1.49. The number of nitrogens with zero attached hydrogens (tertiary/aromatic N) is 2. The lowest BCUT2D eigenvalue weighted by molar-refractivity contribution is -0.121. The summed E-state index contributed by atoms with van der Waals surface area (Å²) in [5.74, 6) is -1.54. The van der Waals surface area contributed by atoms with E-state index in [2.05, 4.69) is 15.2 Å². The van der Waals surface area contributed by atoms with Gasteiger partial charge in [-0.15, -0.1) is 0 Å². The Labute approximate surface area is 187 Å². The highest BCUT2D eigenvalue weighted by molar-refractivity contribution is 5.79. The van der Waals surface area contributed by atoms with Crippen LogP contribution >= 0.6 is 0 Å². The van der Waals surface area contributed by atoms with Crippen molar-refractivity contribution in [2.75, 3.05) is 13.1 Å². The molecular weight excluding hydrogens is 408 g/mol. The van der Waals surface area contributed by atoms with E-state index in [0.717, 1.165) is 36.7 Å². The zero-order valence-corrected chi connectivity index (χ0v) is 17.9. The first-order valence-corrected chi connectivity index (χ1v) is 11.0. The fourth-order valence-electron chi connectivity index (χ4n) is 4.42. The zero-order chi connectivity index (χ0) is 22.3. The van der Waals surface area contributed by atoms with Crippen molar-refractivity contribution < 1.29 is 13.6 Å². The van der Waals surface area contributed by atoms with Crippen LogP contribution in [0, 0.1) is 17.6 Å². The Morgan fingerprint density at radius 1 is 1.06 bits per heavy atom. The second kappa shape index (κ2) is 10.5. The third-order valence-corrected chi connectivity index (χ3v) is 5.97. The number of amides is 1. The van der Waals surface area contributed by atoms with Crippen LogP contribution in [0.2, 0.25) is 0 Å². The number of aromatic nitrogens is 1. The molecule has 4 nitrogen and oxygen atoms in total. The minimum absolute atomic E-state index is 0.0554. The van der Waals surface area contributed by atoms with Gasteiger partial charge in [0, 0.05) is 24.8 Å². The first kappa shape index (κ1) is 22.1. The van der Waals surface area contributed by atoms with E-state index >= 15 is 0 Å². The standard InChI is InChI=1S/C26H27F2N3O/c27-22-12-6-10-20(25(22)28)17-31-15-7-11-21(18-31)26(23-13-4-5-14-29-23)30-24(32)16-19-8-2-1-3-9-19/h1-6,8-10,12-14,21,26H,7,11,15-18H2,(H,30,32)/t21-,26+/m1/s1. The van der Waals surface area contributed by atoms with Gasteiger partial charge in [0.1, 0.15) is 0 Å². The summed E-state index contributed by atoms with van der Waals surface area (Å²) in [4.78, 5) is 19.5. The van der Waals surface area contributed by atoms with Crippen LogP contribution in [0.3, 0.4) is 0 Å². The molecule has 1 fully saturated rings. The molecule has 0 unspecified atom stereocenters. The van der Waals surface area contributed by atoms with Crippen LogP contribution in [0.15, 0.2) is 72.9 Å². The van der Waals surface area contributed by atoms with Crippen molar-refractivity contribution in [2.24, 2.45) is 5.92 Å². The van der Waals surface area contributed by atoms with Gasteiger partial charge in [0.2, 0.25) is 5.91 Å². The summed E-state index contributed by atoms with van der Waals surface area (Å²) < 4.78 is 27.8. The maximum Gasteiger partial charge on any atom is 0.224 e. The summed E-state index contributed by atoms with van der Waals surface area (Å²) in [5.41, 5.74) is 2.13. The Morgan fingerprint density at radius 2 is 1.88 bits per heavy atom. The number of pyridine rings is 1. The van der Waals surface area contributed by atoms with Crippen molar-refractivity contribution in [3.05, 3.63) is 101 Å². The molecule has 1 N–H and O–H groups in total. The molecule has 0 aliphatic carbocycles. The van der Waals surface area contributed by atoms with E-state index in [9.17, 15) is 13.6 Å². The topological polar surface area (TPSA) is 45.2 Å². The Morgan fingerprint density at radius 3 is 2.66 bits per heavy atom. The van der Waals surface area contributed by atoms with E-state index in [0.29, 0.717) is 25.1 Å². The number of carbonyl (C=O) groups excluding carboxylic acids is 1. The van der Waals surface area contributed by atoms with Crippen LogP contribution in [0.4, 0.5) is 8.78 Å². The fraction of sp³-hybridized carbons (Fsp3) is 0.308. The van der Waals surface area contributed by atoms with E-state index in [1.807, 2.05) is 48.5 Å². The third-order valence-electron chi connectivity index (χ3n) is 5.97. The lowest BCUT2D eigenvalue weighted by Gasteiger charge is -2.37. The second-order valence-electron chi connectivity index (χ2n) is 8.31. The third kappa shape index (κ3) is 5.56. The van der Waals surface area contributed by atoms with Crippen LogP contribution in [0.5, 0.6) is 0 Å². The number of rotatable bonds is 7. The van der Waals surface area contributed by atoms with E-state index in [1.165, 1.54) is 6.07 Å². The van der Waals surface area contributed by atoms with Gasteiger partial charge < -0.3 is 5.32 Å². The van der Waals surface area contributed by atoms with Gasteiger partial charge in [-0.25, -0.2) is 8.78 Å². The van der Waals surface area contributed by atoms with Crippen LogP contribution in [0.1, 0.15) is 35.7 Å². The molecule has 32 heavy (non-hydrogen) atoms. The number of piperidine rings is 1. The second-order valence-corrected chi connectivity index (χ2v) is 8.31. The van der Waals surface area contributed by atoms with Gasteiger partial charge in [0.25, 0.3) is 0 Å². The predicted octanol–water partition coefficient (Wildman–Crippen LogP) is 4.67. The molecule has 2 heterocycles. The highest BCUT2D eigenvalue weighted by Gasteiger charge is 2.30. The largest absolute Gasteiger partial charge is 0.347 e. The van der Waals surface area contributed by atoms with E-state index in [-0.39, 0.29) is 17.9 Å². The summed E-state index contributed by atoms with van der Waals surface area (Å²) in [6.45, 7) is 1.81. The van der Waals surface area contributed by atoms with E-state index in [1.54, 1.807) is 12.3 Å². The predicted molar refractivity (Wildman–Crippen MR) is 120 cm³/mol. The molecule has 1 saturated heterocycles. The zero-order valence-electron chi connectivity index (χ0n) is 17.9. The number of halogens is 2. The molecule has 2 atom stereocenters. The van der Waals surface area contributed by atoms with Crippen LogP contribution in [-0.4, -0.2) is 28.9 Å². The molecule has 0 saturated carbocycles. The van der Waals surface area contributed by atoms with E-state index < -0.39 is 11.6 Å². The van der Waals surface area contributed by atoms with Crippen LogP contribution < -0.4 is 5.32 Å². The number of likely N-dealkylation sites (tertiary alicyclic amines) is 1. The van der Waals surface area contributed by atoms with Crippen molar-refractivity contribution >= 4 is 5.91 Å². The lowest BCUT2D eigenvalue weighted by Crippen LogP contribution is -2.43. The molecule has 0 radical (unpaired) electrons. The highest BCUT2D eigenvalue weighted by Crippen LogP contribution is 2.30. The smallest absolute Gasteiger partial charge is 0.224 e. The van der Waals surface area contributed by atoms with Crippen molar-refractivity contribution in [1.29, 1.82) is 0 Å². The van der Waals surface area contributed by atoms with Gasteiger partial charge in [-0.3, -0.25) is 14.7 Å². The summed E-state index contributed by atoms with van der Waals surface area (Å²) in [6, 6.07) is 19.4. The molecule has 0 bridgehead atoms. The van der Waals surface area contributed by atoms with Crippen molar-refractivity contribution in [2.45, 2.75) is 31.8 Å². The molecule has 1 amide bonds. The molecule has 0 spiro atoms. The summed E-state index contributed by atoms with van der Waals surface area (Å²) >= 11 is 0. The molecule has 1 aliphatic rings. The minimum atomic E-state index is -0.824. The van der Waals surface area contributed by atoms with Crippen LogP contribution in [0.25, 0.3) is 0 Å². The molecule has 4 rings (SSSR count). The maximum atomic E-state index is 14.2. The first-order chi connectivity index (χ1) is 15.6. The quantitative estimate of drug-likeness (QED) is 0.587. The molecule has 166 valence electrons. The Bertz CT molecular complexity index is 1030. The molecule has 6 heteroatoms. The number of benzene rings is 2. The fourth-order valence-corrected chi connectivity index (χ4v) is 4.42. The van der Waals surface area contributed by atoms with Crippen molar-refractivity contribution in [1.82, 2.24) is 15.2 Å². The lowest BCUT2D eigenvalue weighted by atomic mass is 9.88. The van der Waals surface area contributed by atoms with Gasteiger partial charge in [0.05, 0.1) is 18.2 Å². The van der Waals surface area contributed by atoms with Gasteiger partial charge in [-0.05, 0) is 49.1 Å². The van der Waals surface area contributed by atoms with Crippen molar-refractivity contribution in [3.63, 3.8) is 0 Å². The normalized spacial score (nSPS) is 17.6. The molecular formula is C26H27F2N3O. The van der Waals surface area contributed by atoms with Crippen LogP contribution in [-0.2, 0) is 17.8 Å². The number of nitrogens with one attached hydrogen (secondary N) is 1. The maximum absolute atomic E-state index is 14.2. The molecule has 1 aromatic heterocycles. The number of carbonyl (C=O) groups is 1. The van der Waals surface area contributed by atoms with Gasteiger partial charge in [-0.1, -0.05) is 48.5 Å². The minimum Gasteiger partial charge on any atom is -0.347 e. The van der Waals surface area contributed by atoms with Gasteiger partial charge in [-0.2, -0.15) is 0 Å². The van der Waals surface area contributed by atoms with Crippen molar-refractivity contribution in [3.8, 4) is 0 Å². The first-order valence-electron chi connectivity index (χ1n) is 11.0. The Hall–Kier alpha value is -3.12. The summed E-state index contributed by atoms with van der Waals surface area (Å²) in [7, 11) is 0. The highest BCUT2D eigenvalue weighted by atomic mass is 19.2. The number of hydrogen-bond donors (Lipinski definition) is 1. The molecule has 1 aliphatic heterocycles. The SMILES string of the molecule is O=C(Cc1ccccc1)N[C@H](c1ccccn1)[C@@H]1CCCN(Cc2cccc(F)c2F)C1. The Kier molecular flexibility index (Phi) is 7.22. The molecule has 3 aromatic rings. The monoisotopic (exact) mass is 435 g/mol. The van der Waals surface area contributed by atoms with Gasteiger partial charge in [0.15, 0.2) is 11.6 Å². The van der Waals surface area contributed by atoms with Gasteiger partial charge >= 0.3 is 0 Å². The average Bonchev–Trinajstić information content (AvgIpc) is 2.82.